The Balaban J connectivity index is 1.44. The van der Waals surface area contributed by atoms with Crippen LogP contribution in [0.25, 0.3) is 0 Å². The molecule has 9 atom stereocenters. The molecule has 0 aromatic heterocycles. The molecule has 2 nitrogen and oxygen atoms in total. The number of alkyl halides is 1. The summed E-state index contributed by atoms with van der Waals surface area (Å²) in [6.45, 7) is 7.16. The average Bonchev–Trinajstić information content (AvgIpc) is 3.13. The minimum atomic E-state index is -0.796. The van der Waals surface area contributed by atoms with Gasteiger partial charge in [0.05, 0.1) is 6.10 Å². The Hall–Kier alpha value is -0.880. The van der Waals surface area contributed by atoms with Crippen molar-refractivity contribution in [3.63, 3.8) is 0 Å². The van der Waals surface area contributed by atoms with Crippen molar-refractivity contribution in [3.05, 3.63) is 0 Å². The molecule has 0 aromatic carbocycles. The molecule has 0 aromatic rings. The Bertz CT molecular complexity index is 698. The van der Waals surface area contributed by atoms with E-state index in [0.717, 1.165) is 30.1 Å². The van der Waals surface area contributed by atoms with Gasteiger partial charge in [-0.05, 0) is 111 Å². The summed E-state index contributed by atoms with van der Waals surface area (Å²) in [6.07, 6.45) is 18.8. The van der Waals surface area contributed by atoms with Crippen molar-refractivity contribution in [2.24, 2.45) is 46.3 Å². The Morgan fingerprint density at radius 2 is 1.84 bits per heavy atom. The molecule has 3 heteroatoms. The van der Waals surface area contributed by atoms with E-state index in [2.05, 4.69) is 26.7 Å². The Morgan fingerprint density at radius 3 is 2.58 bits per heavy atom. The van der Waals surface area contributed by atoms with Crippen molar-refractivity contribution < 1.29 is 13.9 Å². The summed E-state index contributed by atoms with van der Waals surface area (Å²) in [5.74, 6) is 7.00. The van der Waals surface area contributed by atoms with E-state index in [9.17, 15) is 9.18 Å². The van der Waals surface area contributed by atoms with Crippen LogP contribution in [0.2, 0.25) is 0 Å². The van der Waals surface area contributed by atoms with E-state index >= 15 is 0 Å². The SMILES string of the molecule is C#CCO[C@@H]1CC[C@@]2(C)[C@H](CC[C@@H]3[C@@H]2CC[C@]2(C)[C@@H]([C@H](C)CCC(=O)CF)CC[C@@H]32)C1. The summed E-state index contributed by atoms with van der Waals surface area (Å²) in [5.41, 5.74) is 0.882. The standard InChI is InChI=1S/C28H43FO2/c1-5-16-31-22-12-14-27(3)20(17-22)7-9-23-25-11-10-24(19(2)6-8-21(30)18-29)28(25,4)15-13-26(23)27/h1,19-20,22-26H,6-18H2,2-4H3/t19-,20-,22-,23+,24-,25+,26+,27+,28-/m1/s1. The fourth-order valence-electron chi connectivity index (χ4n) is 9.17. The Morgan fingerprint density at radius 1 is 1.10 bits per heavy atom. The second kappa shape index (κ2) is 9.17. The summed E-state index contributed by atoms with van der Waals surface area (Å²) in [7, 11) is 0. The molecule has 0 saturated heterocycles. The molecule has 0 aliphatic heterocycles. The number of carbonyl (C=O) groups excluding carboxylic acids is 1. The van der Waals surface area contributed by atoms with Crippen LogP contribution in [0.1, 0.15) is 91.4 Å². The predicted molar refractivity (Wildman–Crippen MR) is 123 cm³/mol. The maximum atomic E-state index is 12.6. The van der Waals surface area contributed by atoms with Gasteiger partial charge >= 0.3 is 0 Å². The topological polar surface area (TPSA) is 26.3 Å². The van der Waals surface area contributed by atoms with Crippen molar-refractivity contribution in [2.45, 2.75) is 97.5 Å². The van der Waals surface area contributed by atoms with E-state index in [0.29, 0.717) is 41.8 Å². The number of fused-ring (bicyclic) bond motifs is 5. The van der Waals surface area contributed by atoms with Gasteiger partial charge in [-0.2, -0.15) is 0 Å². The minimum absolute atomic E-state index is 0.219. The number of Topliss-reactive ketones (excluding diaryl/α,β-unsaturated/α-hetero) is 1. The molecule has 4 aliphatic rings. The molecule has 174 valence electrons. The zero-order valence-corrected chi connectivity index (χ0v) is 20.0. The highest BCUT2D eigenvalue weighted by molar-refractivity contribution is 5.79. The lowest BCUT2D eigenvalue weighted by molar-refractivity contribution is -0.135. The highest BCUT2D eigenvalue weighted by Gasteiger charge is 2.60. The lowest BCUT2D eigenvalue weighted by Crippen LogP contribution is -2.54. The van der Waals surface area contributed by atoms with Gasteiger partial charge in [-0.3, -0.25) is 4.79 Å². The molecule has 0 N–H and O–H groups in total. The molecule has 0 spiro atoms. The van der Waals surface area contributed by atoms with Gasteiger partial charge in [0.2, 0.25) is 0 Å². The average molecular weight is 431 g/mol. The van der Waals surface area contributed by atoms with Crippen LogP contribution < -0.4 is 0 Å². The van der Waals surface area contributed by atoms with Gasteiger partial charge in [-0.1, -0.05) is 26.7 Å². The van der Waals surface area contributed by atoms with Crippen LogP contribution in [0.4, 0.5) is 4.39 Å². The molecule has 0 heterocycles. The first-order valence-corrected chi connectivity index (χ1v) is 13.0. The van der Waals surface area contributed by atoms with Gasteiger partial charge in [0.25, 0.3) is 0 Å². The smallest absolute Gasteiger partial charge is 0.163 e. The normalized spacial score (nSPS) is 45.1. The quantitative estimate of drug-likeness (QED) is 0.424. The highest BCUT2D eigenvalue weighted by atomic mass is 19.1. The molecule has 31 heavy (non-hydrogen) atoms. The van der Waals surface area contributed by atoms with Crippen LogP contribution in [-0.4, -0.2) is 25.2 Å². The van der Waals surface area contributed by atoms with Crippen molar-refractivity contribution in [3.8, 4) is 12.3 Å². The van der Waals surface area contributed by atoms with Crippen molar-refractivity contribution in [1.29, 1.82) is 0 Å². The number of rotatable bonds is 7. The molecule has 0 unspecified atom stereocenters. The van der Waals surface area contributed by atoms with Gasteiger partial charge in [0, 0.05) is 6.42 Å². The second-order valence-electron chi connectivity index (χ2n) is 12.0. The molecule has 4 saturated carbocycles. The van der Waals surface area contributed by atoms with Crippen molar-refractivity contribution >= 4 is 5.78 Å². The van der Waals surface area contributed by atoms with Crippen molar-refractivity contribution in [1.82, 2.24) is 0 Å². The summed E-state index contributed by atoms with van der Waals surface area (Å²) in [4.78, 5) is 11.5. The van der Waals surface area contributed by atoms with Crippen LogP contribution in [0.15, 0.2) is 0 Å². The van der Waals surface area contributed by atoms with E-state index in [-0.39, 0.29) is 5.78 Å². The zero-order valence-electron chi connectivity index (χ0n) is 20.0. The van der Waals surface area contributed by atoms with E-state index in [1.54, 1.807) is 0 Å². The van der Waals surface area contributed by atoms with Crippen molar-refractivity contribution in [2.75, 3.05) is 13.3 Å². The number of ketones is 1. The number of ether oxygens (including phenoxy) is 1. The van der Waals surface area contributed by atoms with Gasteiger partial charge in [-0.15, -0.1) is 6.42 Å². The second-order valence-corrected chi connectivity index (χ2v) is 12.0. The van der Waals surface area contributed by atoms with Crippen LogP contribution in [0, 0.1) is 58.7 Å². The minimum Gasteiger partial charge on any atom is -0.366 e. The number of carbonyl (C=O) groups is 1. The van der Waals surface area contributed by atoms with E-state index < -0.39 is 6.67 Å². The third-order valence-corrected chi connectivity index (χ3v) is 10.8. The monoisotopic (exact) mass is 430 g/mol. The van der Waals surface area contributed by atoms with Gasteiger partial charge in [0.15, 0.2) is 5.78 Å². The summed E-state index contributed by atoms with van der Waals surface area (Å²) < 4.78 is 18.6. The first-order chi connectivity index (χ1) is 14.8. The lowest BCUT2D eigenvalue weighted by Gasteiger charge is -2.61. The van der Waals surface area contributed by atoms with E-state index in [1.165, 1.54) is 57.8 Å². The number of hydrogen-bond acceptors (Lipinski definition) is 2. The van der Waals surface area contributed by atoms with Crippen LogP contribution in [0.3, 0.4) is 0 Å². The molecule has 4 aliphatic carbocycles. The summed E-state index contributed by atoms with van der Waals surface area (Å²) in [6, 6.07) is 0. The molecular formula is C28H43FO2. The van der Waals surface area contributed by atoms with Crippen LogP contribution in [0.5, 0.6) is 0 Å². The summed E-state index contributed by atoms with van der Waals surface area (Å²) >= 11 is 0. The number of hydrogen-bond donors (Lipinski definition) is 0. The summed E-state index contributed by atoms with van der Waals surface area (Å²) in [5, 5.41) is 0. The van der Waals surface area contributed by atoms with Gasteiger partial charge < -0.3 is 4.74 Å². The molecule has 0 bridgehead atoms. The van der Waals surface area contributed by atoms with E-state index in [1.807, 2.05) is 0 Å². The van der Waals surface area contributed by atoms with E-state index in [4.69, 9.17) is 11.2 Å². The zero-order chi connectivity index (χ0) is 22.2. The number of halogens is 1. The van der Waals surface area contributed by atoms with Crippen LogP contribution in [-0.2, 0) is 9.53 Å². The maximum absolute atomic E-state index is 12.6. The first-order valence-electron chi connectivity index (χ1n) is 13.0. The molecule has 4 rings (SSSR count). The van der Waals surface area contributed by atoms with Gasteiger partial charge in [-0.25, -0.2) is 4.39 Å². The molecule has 0 radical (unpaired) electrons. The molecule has 4 fully saturated rings. The first kappa shape index (κ1) is 23.3. The molecular weight excluding hydrogens is 387 g/mol. The lowest BCUT2D eigenvalue weighted by atomic mass is 9.44. The third kappa shape index (κ3) is 4.12. The Kier molecular flexibility index (Phi) is 6.88. The largest absolute Gasteiger partial charge is 0.366 e. The fraction of sp³-hybridized carbons (Fsp3) is 0.893. The highest BCUT2D eigenvalue weighted by Crippen LogP contribution is 2.68. The van der Waals surface area contributed by atoms with Crippen LogP contribution >= 0.6 is 0 Å². The predicted octanol–water partition coefficient (Wildman–Crippen LogP) is 6.62. The Labute approximate surface area is 189 Å². The fourth-order valence-corrected chi connectivity index (χ4v) is 9.17. The third-order valence-electron chi connectivity index (χ3n) is 10.8. The number of terminal acetylenes is 1. The molecule has 0 amide bonds. The van der Waals surface area contributed by atoms with Gasteiger partial charge in [0.1, 0.15) is 13.3 Å². The maximum Gasteiger partial charge on any atom is 0.163 e.